The lowest BCUT2D eigenvalue weighted by atomic mass is 9.88. The molecule has 1 aliphatic rings. The third-order valence-corrected chi connectivity index (χ3v) is 5.80. The van der Waals surface area contributed by atoms with Crippen molar-refractivity contribution in [2.24, 2.45) is 5.41 Å². The lowest BCUT2D eigenvalue weighted by Crippen LogP contribution is -2.37. The van der Waals surface area contributed by atoms with Crippen LogP contribution in [-0.4, -0.2) is 29.4 Å². The Hall–Kier alpha value is -3.40. The van der Waals surface area contributed by atoms with Crippen LogP contribution in [0.5, 0.6) is 0 Å². The maximum atomic E-state index is 13.4. The average molecular weight is 414 g/mol. The highest BCUT2D eigenvalue weighted by atomic mass is 16.6. The Labute approximate surface area is 183 Å². The maximum absolute atomic E-state index is 13.4. The minimum atomic E-state index is -0.807. The van der Waals surface area contributed by atoms with Crippen molar-refractivity contribution >= 4 is 11.9 Å². The number of ether oxygens (including phenoxy) is 1. The van der Waals surface area contributed by atoms with Gasteiger partial charge in [0.2, 0.25) is 0 Å². The van der Waals surface area contributed by atoms with E-state index in [2.05, 4.69) is 0 Å². The number of amides is 1. The molecule has 4 heteroatoms. The van der Waals surface area contributed by atoms with E-state index < -0.39 is 23.4 Å². The molecule has 158 valence electrons. The molecule has 4 rings (SSSR count). The van der Waals surface area contributed by atoms with Crippen molar-refractivity contribution in [1.82, 2.24) is 4.90 Å². The van der Waals surface area contributed by atoms with Gasteiger partial charge in [-0.3, -0.25) is 9.59 Å². The van der Waals surface area contributed by atoms with Crippen LogP contribution in [0.25, 0.3) is 0 Å². The number of esters is 1. The van der Waals surface area contributed by atoms with Gasteiger partial charge in [-0.15, -0.1) is 0 Å². The monoisotopic (exact) mass is 413 g/mol. The van der Waals surface area contributed by atoms with Crippen LogP contribution in [0.4, 0.5) is 0 Å². The van der Waals surface area contributed by atoms with E-state index in [1.54, 1.807) is 4.90 Å². The second kappa shape index (κ2) is 8.76. The molecule has 31 heavy (non-hydrogen) atoms. The smallest absolute Gasteiger partial charge is 0.318 e. The van der Waals surface area contributed by atoms with Gasteiger partial charge in [-0.25, -0.2) is 0 Å². The number of rotatable bonds is 6. The first-order chi connectivity index (χ1) is 15.0. The van der Waals surface area contributed by atoms with Crippen LogP contribution in [-0.2, 0) is 20.9 Å². The Bertz CT molecular complexity index is 992. The van der Waals surface area contributed by atoms with Crippen molar-refractivity contribution in [3.05, 3.63) is 108 Å². The van der Waals surface area contributed by atoms with Crippen molar-refractivity contribution < 1.29 is 14.3 Å². The fourth-order valence-electron chi connectivity index (χ4n) is 4.24. The minimum absolute atomic E-state index is 0.137. The number of carbonyl (C=O) groups excluding carboxylic acids is 2. The zero-order chi connectivity index (χ0) is 21.8. The zero-order valence-corrected chi connectivity index (χ0v) is 17.9. The first kappa shape index (κ1) is 20.9. The molecule has 4 nitrogen and oxygen atoms in total. The van der Waals surface area contributed by atoms with Gasteiger partial charge in [0.05, 0.1) is 0 Å². The summed E-state index contributed by atoms with van der Waals surface area (Å²) in [5.74, 6) is -1.11. The van der Waals surface area contributed by atoms with Gasteiger partial charge in [0.1, 0.15) is 5.92 Å². The quantitative estimate of drug-likeness (QED) is 0.546. The molecular formula is C27H27NO3. The molecule has 0 radical (unpaired) electrons. The standard InChI is InChI=1S/C27H27NO3/c1-27(2)19-28(18-20-12-6-3-7-13-20)25(29)24(27)31-26(30)23(21-14-8-4-9-15-21)22-16-10-5-11-17-22/h3-17,23-24H,18-19H2,1-2H3/t24-/m0/s1. The van der Waals surface area contributed by atoms with Crippen LogP contribution in [0.3, 0.4) is 0 Å². The topological polar surface area (TPSA) is 46.6 Å². The van der Waals surface area contributed by atoms with E-state index in [1.807, 2.05) is 105 Å². The molecule has 1 atom stereocenters. The predicted octanol–water partition coefficient (Wildman–Crippen LogP) is 4.80. The van der Waals surface area contributed by atoms with E-state index in [-0.39, 0.29) is 5.91 Å². The Balaban J connectivity index is 1.57. The number of likely N-dealkylation sites (tertiary alicyclic amines) is 1. The highest BCUT2D eigenvalue weighted by Crippen LogP contribution is 2.36. The maximum Gasteiger partial charge on any atom is 0.318 e. The van der Waals surface area contributed by atoms with Gasteiger partial charge in [-0.1, -0.05) is 105 Å². The summed E-state index contributed by atoms with van der Waals surface area (Å²) in [6, 6.07) is 29.0. The molecule has 1 aliphatic heterocycles. The van der Waals surface area contributed by atoms with Crippen LogP contribution < -0.4 is 0 Å². The number of hydrogen-bond donors (Lipinski definition) is 0. The molecule has 0 aromatic heterocycles. The Kier molecular flexibility index (Phi) is 5.90. The summed E-state index contributed by atoms with van der Waals surface area (Å²) >= 11 is 0. The van der Waals surface area contributed by atoms with Crippen molar-refractivity contribution in [1.29, 1.82) is 0 Å². The van der Waals surface area contributed by atoms with Gasteiger partial charge in [0.15, 0.2) is 6.10 Å². The van der Waals surface area contributed by atoms with Crippen LogP contribution >= 0.6 is 0 Å². The summed E-state index contributed by atoms with van der Waals surface area (Å²) in [6.07, 6.45) is -0.807. The molecule has 0 aliphatic carbocycles. The van der Waals surface area contributed by atoms with E-state index in [9.17, 15) is 9.59 Å². The summed E-state index contributed by atoms with van der Waals surface area (Å²) in [7, 11) is 0. The molecule has 0 saturated carbocycles. The van der Waals surface area contributed by atoms with Crippen molar-refractivity contribution in [3.8, 4) is 0 Å². The highest BCUT2D eigenvalue weighted by Gasteiger charge is 2.49. The molecular weight excluding hydrogens is 386 g/mol. The summed E-state index contributed by atoms with van der Waals surface area (Å²) in [5, 5.41) is 0. The molecule has 3 aromatic carbocycles. The van der Waals surface area contributed by atoms with Gasteiger partial charge in [-0.2, -0.15) is 0 Å². The van der Waals surface area contributed by atoms with E-state index in [1.165, 1.54) is 0 Å². The number of nitrogens with zero attached hydrogens (tertiary/aromatic N) is 1. The van der Waals surface area contributed by atoms with E-state index in [0.29, 0.717) is 13.1 Å². The zero-order valence-electron chi connectivity index (χ0n) is 17.9. The minimum Gasteiger partial charge on any atom is -0.451 e. The highest BCUT2D eigenvalue weighted by molar-refractivity contribution is 5.89. The van der Waals surface area contributed by atoms with Crippen LogP contribution in [0.15, 0.2) is 91.0 Å². The first-order valence-electron chi connectivity index (χ1n) is 10.6. The van der Waals surface area contributed by atoms with Gasteiger partial charge < -0.3 is 9.64 Å². The van der Waals surface area contributed by atoms with Crippen molar-refractivity contribution in [2.45, 2.75) is 32.4 Å². The average Bonchev–Trinajstić information content (AvgIpc) is 2.99. The third-order valence-electron chi connectivity index (χ3n) is 5.80. The van der Waals surface area contributed by atoms with Crippen LogP contribution in [0, 0.1) is 5.41 Å². The molecule has 1 amide bonds. The fraction of sp³-hybridized carbons (Fsp3) is 0.259. The molecule has 0 unspecified atom stereocenters. The Morgan fingerprint density at radius 1 is 0.903 bits per heavy atom. The molecule has 0 bridgehead atoms. The van der Waals surface area contributed by atoms with Crippen LogP contribution in [0.2, 0.25) is 0 Å². The molecule has 0 spiro atoms. The van der Waals surface area contributed by atoms with Gasteiger partial charge in [0, 0.05) is 18.5 Å². The molecule has 1 saturated heterocycles. The normalized spacial score (nSPS) is 17.7. The molecule has 0 N–H and O–H groups in total. The molecule has 1 fully saturated rings. The van der Waals surface area contributed by atoms with E-state index >= 15 is 0 Å². The summed E-state index contributed by atoms with van der Waals surface area (Å²) in [5.41, 5.74) is 2.29. The Morgan fingerprint density at radius 2 is 1.39 bits per heavy atom. The van der Waals surface area contributed by atoms with Gasteiger partial charge in [0.25, 0.3) is 5.91 Å². The van der Waals surface area contributed by atoms with Gasteiger partial charge in [-0.05, 0) is 16.7 Å². The summed E-state index contributed by atoms with van der Waals surface area (Å²) < 4.78 is 5.95. The summed E-state index contributed by atoms with van der Waals surface area (Å²) in [6.45, 7) is 5.01. The molecule has 1 heterocycles. The van der Waals surface area contributed by atoms with Gasteiger partial charge >= 0.3 is 5.97 Å². The number of hydrogen-bond acceptors (Lipinski definition) is 3. The van der Waals surface area contributed by atoms with Crippen molar-refractivity contribution in [2.75, 3.05) is 6.54 Å². The lowest BCUT2D eigenvalue weighted by Gasteiger charge is -2.26. The first-order valence-corrected chi connectivity index (χ1v) is 10.6. The predicted molar refractivity (Wildman–Crippen MR) is 120 cm³/mol. The summed E-state index contributed by atoms with van der Waals surface area (Å²) in [4.78, 5) is 28.4. The van der Waals surface area contributed by atoms with E-state index in [0.717, 1.165) is 16.7 Å². The number of benzene rings is 3. The second-order valence-corrected chi connectivity index (χ2v) is 8.74. The second-order valence-electron chi connectivity index (χ2n) is 8.74. The van der Waals surface area contributed by atoms with Crippen LogP contribution in [0.1, 0.15) is 36.5 Å². The number of carbonyl (C=O) groups is 2. The third kappa shape index (κ3) is 4.53. The Morgan fingerprint density at radius 3 is 1.90 bits per heavy atom. The van der Waals surface area contributed by atoms with Crippen molar-refractivity contribution in [3.63, 3.8) is 0 Å². The van der Waals surface area contributed by atoms with E-state index in [4.69, 9.17) is 4.74 Å². The SMILES string of the molecule is CC1(C)CN(Cc2ccccc2)C(=O)[C@@H]1OC(=O)C(c1ccccc1)c1ccccc1. The molecule has 3 aromatic rings. The fourth-order valence-corrected chi connectivity index (χ4v) is 4.24. The lowest BCUT2D eigenvalue weighted by molar-refractivity contribution is -0.160. The largest absolute Gasteiger partial charge is 0.451 e.